The van der Waals surface area contributed by atoms with Gasteiger partial charge in [0.1, 0.15) is 0 Å². The van der Waals surface area contributed by atoms with E-state index in [-0.39, 0.29) is 17.0 Å². The lowest BCUT2D eigenvalue weighted by Crippen LogP contribution is -2.55. The minimum absolute atomic E-state index is 0.105. The fourth-order valence-corrected chi connectivity index (χ4v) is 2.55. The summed E-state index contributed by atoms with van der Waals surface area (Å²) >= 11 is 0. The van der Waals surface area contributed by atoms with Crippen molar-refractivity contribution in [2.75, 3.05) is 0 Å². The molecule has 0 saturated carbocycles. The molecule has 2 nitrogen and oxygen atoms in total. The van der Waals surface area contributed by atoms with Gasteiger partial charge in [0.15, 0.2) is 0 Å². The summed E-state index contributed by atoms with van der Waals surface area (Å²) in [5, 5.41) is 0. The van der Waals surface area contributed by atoms with Crippen LogP contribution in [0.4, 0.5) is 0 Å². The molecule has 0 aliphatic rings. The van der Waals surface area contributed by atoms with Crippen molar-refractivity contribution in [3.05, 3.63) is 35.4 Å². The van der Waals surface area contributed by atoms with Gasteiger partial charge < -0.3 is 4.90 Å². The van der Waals surface area contributed by atoms with Crippen molar-refractivity contribution in [2.24, 2.45) is 0 Å². The normalized spacial score (nSPS) is 12.4. The molecule has 1 aromatic carbocycles. The van der Waals surface area contributed by atoms with E-state index in [4.69, 9.17) is 0 Å². The Labute approximate surface area is 111 Å². The van der Waals surface area contributed by atoms with E-state index < -0.39 is 0 Å². The third-order valence-electron chi connectivity index (χ3n) is 2.92. The first kappa shape index (κ1) is 14.7. The molecule has 0 fully saturated rings. The van der Waals surface area contributed by atoms with E-state index in [1.807, 2.05) is 36.1 Å². The average molecular weight is 247 g/mol. The Balaban J connectivity index is 3.25. The Kier molecular flexibility index (Phi) is 3.89. The number of carbonyl (C=O) groups is 1. The molecule has 18 heavy (non-hydrogen) atoms. The maximum absolute atomic E-state index is 12.8. The molecule has 100 valence electrons. The van der Waals surface area contributed by atoms with Crippen LogP contribution in [0, 0.1) is 6.92 Å². The molecule has 1 aromatic rings. The van der Waals surface area contributed by atoms with E-state index in [0.717, 1.165) is 11.1 Å². The van der Waals surface area contributed by atoms with E-state index in [2.05, 4.69) is 41.5 Å². The van der Waals surface area contributed by atoms with Crippen molar-refractivity contribution < 1.29 is 4.79 Å². The summed E-state index contributed by atoms with van der Waals surface area (Å²) in [6.45, 7) is 14.4. The van der Waals surface area contributed by atoms with Crippen LogP contribution in [0.25, 0.3) is 0 Å². The minimum Gasteiger partial charge on any atom is -0.329 e. The zero-order valence-electron chi connectivity index (χ0n) is 12.7. The molecule has 0 saturated heterocycles. The largest absolute Gasteiger partial charge is 0.329 e. The standard InChI is InChI=1S/C16H25NO/c1-12-10-8-9-11-13(12)14(18)17(15(2,3)4)16(5,6)7/h8-11H,1-7H3. The monoisotopic (exact) mass is 247 g/mol. The van der Waals surface area contributed by atoms with E-state index in [1.165, 1.54) is 0 Å². The molecule has 0 radical (unpaired) electrons. The van der Waals surface area contributed by atoms with E-state index in [9.17, 15) is 4.79 Å². The molecule has 1 rings (SSSR count). The molecular formula is C16H25NO. The molecule has 0 aliphatic carbocycles. The molecule has 0 spiro atoms. The Morgan fingerprint density at radius 2 is 1.39 bits per heavy atom. The Morgan fingerprint density at radius 1 is 0.944 bits per heavy atom. The van der Waals surface area contributed by atoms with Gasteiger partial charge in [-0.25, -0.2) is 0 Å². The molecule has 0 N–H and O–H groups in total. The summed E-state index contributed by atoms with van der Waals surface area (Å²) in [6.07, 6.45) is 0. The molecule has 0 bridgehead atoms. The smallest absolute Gasteiger partial charge is 0.254 e. The lowest BCUT2D eigenvalue weighted by molar-refractivity contribution is 0.0270. The van der Waals surface area contributed by atoms with Gasteiger partial charge in [-0.1, -0.05) is 18.2 Å². The van der Waals surface area contributed by atoms with Crippen LogP contribution in [-0.4, -0.2) is 21.9 Å². The summed E-state index contributed by atoms with van der Waals surface area (Å²) in [6, 6.07) is 7.77. The third kappa shape index (κ3) is 3.12. The zero-order valence-corrected chi connectivity index (χ0v) is 12.7. The van der Waals surface area contributed by atoms with E-state index >= 15 is 0 Å². The number of carbonyl (C=O) groups excluding carboxylic acids is 1. The molecule has 0 aromatic heterocycles. The second-order valence-corrected chi connectivity index (χ2v) is 6.80. The number of nitrogens with zero attached hydrogens (tertiary/aromatic N) is 1. The maximum Gasteiger partial charge on any atom is 0.254 e. The van der Waals surface area contributed by atoms with Gasteiger partial charge in [-0.15, -0.1) is 0 Å². The Hall–Kier alpha value is -1.31. The maximum atomic E-state index is 12.8. The second-order valence-electron chi connectivity index (χ2n) is 6.80. The molecular weight excluding hydrogens is 222 g/mol. The predicted octanol–water partition coefficient (Wildman–Crippen LogP) is 4.03. The van der Waals surface area contributed by atoms with Gasteiger partial charge in [-0.05, 0) is 60.1 Å². The average Bonchev–Trinajstić information content (AvgIpc) is 2.13. The van der Waals surface area contributed by atoms with Crippen molar-refractivity contribution >= 4 is 5.91 Å². The summed E-state index contributed by atoms with van der Waals surface area (Å²) in [5.41, 5.74) is 1.43. The summed E-state index contributed by atoms with van der Waals surface area (Å²) < 4.78 is 0. The quantitative estimate of drug-likeness (QED) is 0.733. The van der Waals surface area contributed by atoms with Crippen LogP contribution >= 0.6 is 0 Å². The highest BCUT2D eigenvalue weighted by Gasteiger charge is 2.36. The van der Waals surface area contributed by atoms with Gasteiger partial charge in [0.05, 0.1) is 0 Å². The molecule has 0 aliphatic heterocycles. The molecule has 0 atom stereocenters. The highest BCUT2D eigenvalue weighted by atomic mass is 16.2. The van der Waals surface area contributed by atoms with Crippen molar-refractivity contribution in [3.8, 4) is 0 Å². The zero-order chi connectivity index (χ0) is 14.1. The van der Waals surface area contributed by atoms with E-state index in [0.29, 0.717) is 0 Å². The highest BCUT2D eigenvalue weighted by molar-refractivity contribution is 5.96. The lowest BCUT2D eigenvalue weighted by atomic mass is 9.93. The molecule has 1 amide bonds. The van der Waals surface area contributed by atoms with Gasteiger partial charge in [-0.3, -0.25) is 4.79 Å². The van der Waals surface area contributed by atoms with Crippen LogP contribution in [0.3, 0.4) is 0 Å². The number of rotatable bonds is 1. The van der Waals surface area contributed by atoms with Gasteiger partial charge in [-0.2, -0.15) is 0 Å². The minimum atomic E-state index is -0.197. The van der Waals surface area contributed by atoms with Crippen molar-refractivity contribution in [3.63, 3.8) is 0 Å². The topological polar surface area (TPSA) is 20.3 Å². The van der Waals surface area contributed by atoms with Crippen LogP contribution in [0.2, 0.25) is 0 Å². The van der Waals surface area contributed by atoms with Gasteiger partial charge in [0.2, 0.25) is 0 Å². The fraction of sp³-hybridized carbons (Fsp3) is 0.562. The van der Waals surface area contributed by atoms with E-state index in [1.54, 1.807) is 0 Å². The van der Waals surface area contributed by atoms with Gasteiger partial charge >= 0.3 is 0 Å². The number of aryl methyl sites for hydroxylation is 1. The third-order valence-corrected chi connectivity index (χ3v) is 2.92. The molecule has 0 heterocycles. The summed E-state index contributed by atoms with van der Waals surface area (Å²) in [5.74, 6) is 0.105. The first-order valence-corrected chi connectivity index (χ1v) is 6.45. The number of amides is 1. The fourth-order valence-electron chi connectivity index (χ4n) is 2.55. The van der Waals surface area contributed by atoms with Crippen LogP contribution in [0.1, 0.15) is 57.5 Å². The summed E-state index contributed by atoms with van der Waals surface area (Å²) in [7, 11) is 0. The van der Waals surface area contributed by atoms with Crippen LogP contribution < -0.4 is 0 Å². The molecule has 2 heteroatoms. The van der Waals surface area contributed by atoms with Crippen molar-refractivity contribution in [1.29, 1.82) is 0 Å². The van der Waals surface area contributed by atoms with Crippen molar-refractivity contribution in [2.45, 2.75) is 59.5 Å². The first-order chi connectivity index (χ1) is 8.05. The van der Waals surface area contributed by atoms with Crippen molar-refractivity contribution in [1.82, 2.24) is 4.90 Å². The number of benzene rings is 1. The second kappa shape index (κ2) is 4.75. The van der Waals surface area contributed by atoms with Gasteiger partial charge in [0, 0.05) is 16.6 Å². The van der Waals surface area contributed by atoms with Gasteiger partial charge in [0.25, 0.3) is 5.91 Å². The Morgan fingerprint density at radius 3 is 1.78 bits per heavy atom. The number of hydrogen-bond acceptors (Lipinski definition) is 1. The Bertz CT molecular complexity index is 421. The SMILES string of the molecule is Cc1ccccc1C(=O)N(C(C)(C)C)C(C)(C)C. The van der Waals surface area contributed by atoms with Crippen LogP contribution in [-0.2, 0) is 0 Å². The summed E-state index contributed by atoms with van der Waals surface area (Å²) in [4.78, 5) is 14.7. The number of hydrogen-bond donors (Lipinski definition) is 0. The van der Waals surface area contributed by atoms with Crippen LogP contribution in [0.15, 0.2) is 24.3 Å². The van der Waals surface area contributed by atoms with Crippen LogP contribution in [0.5, 0.6) is 0 Å². The highest BCUT2D eigenvalue weighted by Crippen LogP contribution is 2.27. The lowest BCUT2D eigenvalue weighted by Gasteiger charge is -2.45. The predicted molar refractivity (Wildman–Crippen MR) is 76.9 cm³/mol. The first-order valence-electron chi connectivity index (χ1n) is 6.45. The molecule has 0 unspecified atom stereocenters.